The number of amides is 5. The van der Waals surface area contributed by atoms with E-state index in [9.17, 15) is 53.7 Å². The summed E-state index contributed by atoms with van der Waals surface area (Å²) in [5, 5.41) is 45.5. The second kappa shape index (κ2) is 39.2. The molecule has 5 N–H and O–H groups in total. The van der Waals surface area contributed by atoms with Crippen LogP contribution in [0.3, 0.4) is 0 Å². The van der Waals surface area contributed by atoms with E-state index in [0.717, 1.165) is 81.8 Å². The summed E-state index contributed by atoms with van der Waals surface area (Å²) >= 11 is 4.82. The van der Waals surface area contributed by atoms with Crippen molar-refractivity contribution in [3.63, 3.8) is 0 Å². The number of alkyl carbamates (subject to hydrolysis) is 1. The maximum Gasteiger partial charge on any atom is 0.408 e. The molecule has 0 aliphatic carbocycles. The molecule has 624 valence electrons. The predicted molar refractivity (Wildman–Crippen MR) is 457 cm³/mol. The Balaban J connectivity index is 0.000000186. The lowest BCUT2D eigenvalue weighted by Gasteiger charge is -2.36. The van der Waals surface area contributed by atoms with E-state index >= 15 is 0 Å². The van der Waals surface area contributed by atoms with Crippen molar-refractivity contribution >= 4 is 81.1 Å². The highest BCUT2D eigenvalue weighted by Gasteiger charge is 2.47. The summed E-state index contributed by atoms with van der Waals surface area (Å²) in [7, 11) is 0. The lowest BCUT2D eigenvalue weighted by atomic mass is 9.85. The molecule has 12 atom stereocenters. The topological polar surface area (TPSA) is 315 Å². The van der Waals surface area contributed by atoms with Gasteiger partial charge in [-0.15, -0.1) is 34.0 Å². The van der Waals surface area contributed by atoms with Crippen molar-refractivity contribution < 1.29 is 58.4 Å². The fourth-order valence-electron chi connectivity index (χ4n) is 15.4. The van der Waals surface area contributed by atoms with Gasteiger partial charge < -0.3 is 45.4 Å². The van der Waals surface area contributed by atoms with Crippen molar-refractivity contribution in [3.05, 3.63) is 184 Å². The summed E-state index contributed by atoms with van der Waals surface area (Å²) in [4.78, 5) is 128. The number of carbonyl (C=O) groups excluding carboxylic acids is 8. The molecule has 24 nitrogen and oxygen atoms in total. The van der Waals surface area contributed by atoms with Crippen LogP contribution < -0.4 is 10.6 Å². The highest BCUT2D eigenvalue weighted by Crippen LogP contribution is 2.37. The van der Waals surface area contributed by atoms with E-state index < -0.39 is 89.5 Å². The second-order valence-electron chi connectivity index (χ2n) is 34.2. The van der Waals surface area contributed by atoms with E-state index in [2.05, 4.69) is 84.3 Å². The predicted octanol–water partition coefficient (Wildman–Crippen LogP) is 14.5. The third-order valence-electron chi connectivity index (χ3n) is 21.7. The minimum absolute atomic E-state index is 0.00321. The van der Waals surface area contributed by atoms with E-state index in [-0.39, 0.29) is 98.2 Å². The molecule has 117 heavy (non-hydrogen) atoms. The zero-order valence-electron chi connectivity index (χ0n) is 70.2. The average molecular weight is 1650 g/mol. The van der Waals surface area contributed by atoms with Gasteiger partial charge in [0, 0.05) is 76.1 Å². The number of rotatable bonds is 26. The number of carbonyl (C=O) groups is 8. The maximum atomic E-state index is 13.9. The van der Waals surface area contributed by atoms with Crippen LogP contribution in [0, 0.1) is 44.9 Å². The first-order chi connectivity index (χ1) is 55.3. The Morgan fingerprint density at radius 2 is 0.889 bits per heavy atom. The van der Waals surface area contributed by atoms with Crippen molar-refractivity contribution in [1.29, 1.82) is 0 Å². The molecule has 4 aromatic carbocycles. The van der Waals surface area contributed by atoms with Crippen molar-refractivity contribution in [2.24, 2.45) is 17.3 Å². The third kappa shape index (κ3) is 23.0. The van der Waals surface area contributed by atoms with Gasteiger partial charge in [-0.3, -0.25) is 42.9 Å². The molecule has 3 fully saturated rings. The number of aliphatic hydroxyl groups is 3. The summed E-state index contributed by atoms with van der Waals surface area (Å²) < 4.78 is 8.61. The number of thiazole rings is 3. The van der Waals surface area contributed by atoms with Gasteiger partial charge in [-0.25, -0.2) is 19.7 Å². The Hall–Kier alpha value is -9.77. The number of hydrogen-bond acceptors (Lipinski definition) is 20. The summed E-state index contributed by atoms with van der Waals surface area (Å²) in [5.74, 6) is -1.58. The molecule has 9 aromatic rings. The third-order valence-corrected chi connectivity index (χ3v) is 24.6. The molecular weight excluding hydrogens is 1540 g/mol. The van der Waals surface area contributed by atoms with Gasteiger partial charge in [0.15, 0.2) is 17.3 Å². The molecule has 3 aliphatic rings. The highest BCUT2D eigenvalue weighted by molar-refractivity contribution is 7.14. The quantitative estimate of drug-likeness (QED) is 0.0336. The standard InChI is InChI=1S/C32H36N4O3S.C31H44N4O6S.C27H34N4O3S/c1-20(2)30(36-17-26(16-34-36)24-8-6-5-7-9-24)32(39)35-18-27(37)15-28(35)29(38)14-21(3)23-10-12-25(13-11-23)31-22(4)33-19-40-31;1-18-25(42-17-32-18)21-12-9-20(10-13-21)11-14-24(37)23-15-22(36)16-35(23)28(39)26(30(3,4)5)34-27(38)19(2)33-29(40)41-31(6,7)8;1-16(2)25(31-13-17(3)12-29-31)27(34)30-14-22(32)11-23(30)24(33)10-18(4)20-6-8-21(9-7-20)26-19(5)28-15-35-26/h5-13,16-17,19-21,27-28,30,37H,14-15,18H2,1-4H3;9-10,12-13,17,19,22-23,26,36H,11,14-16H2,1-8H3,(H,33,40)(H,34,38);6-9,12-13,15-16,18,22-23,25,32H,10-11,14H2,1-5H3/t21-,27-,28+,30+;19-,22+,23-,26+;18-,22-,23+,25+/m101/s1. The molecule has 3 saturated heterocycles. The van der Waals surface area contributed by atoms with E-state index in [0.29, 0.717) is 19.3 Å². The van der Waals surface area contributed by atoms with Crippen LogP contribution in [0.25, 0.3) is 42.4 Å². The molecule has 0 bridgehead atoms. The number of nitrogens with zero attached hydrogens (tertiary/aromatic N) is 10. The molecule has 5 amide bonds. The lowest BCUT2D eigenvalue weighted by molar-refractivity contribution is -0.143. The van der Waals surface area contributed by atoms with Gasteiger partial charge in [0.25, 0.3) is 0 Å². The van der Waals surface area contributed by atoms with E-state index in [4.69, 9.17) is 4.74 Å². The molecule has 0 spiro atoms. The van der Waals surface area contributed by atoms with Crippen LogP contribution in [0.15, 0.2) is 144 Å². The summed E-state index contributed by atoms with van der Waals surface area (Å²) in [5.41, 5.74) is 16.5. The first-order valence-electron chi connectivity index (χ1n) is 40.3. The number of likely N-dealkylation sites (tertiary alicyclic amines) is 3. The van der Waals surface area contributed by atoms with Gasteiger partial charge in [-0.2, -0.15) is 10.2 Å². The van der Waals surface area contributed by atoms with Crippen molar-refractivity contribution in [3.8, 4) is 42.4 Å². The van der Waals surface area contributed by atoms with Gasteiger partial charge in [0.05, 0.1) is 97.1 Å². The molecule has 5 aromatic heterocycles. The fraction of sp³-hybridized carbons (Fsp3) is 0.478. The maximum absolute atomic E-state index is 13.9. The SMILES string of the molecule is Cc1cnn([C@H](C(=O)N2C[C@H](O)C[C@H]2C(=O)C[C@@H](C)c2ccc(-c3scnc3C)cc2)C(C)C)c1.Cc1ncsc1-c1ccc(CCC(=O)[C@@H]2C[C@@H](O)CN2C(=O)[C@@H](NC(=O)[C@H](C)NC(=O)OC(C)(C)C)C(C)(C)C)cc1.Cc1ncsc1-c1ccc([C@H](C)CC(=O)[C@@H]2C[C@@H](O)CN2C(=O)[C@H](C(C)C)n2cc(-c3ccccc3)cn2)cc1. The Morgan fingerprint density at radius 1 is 0.487 bits per heavy atom. The van der Waals surface area contributed by atoms with Crippen LogP contribution in [0.5, 0.6) is 0 Å². The van der Waals surface area contributed by atoms with Crippen LogP contribution in [0.2, 0.25) is 0 Å². The van der Waals surface area contributed by atoms with Crippen LogP contribution >= 0.6 is 34.0 Å². The van der Waals surface area contributed by atoms with Crippen molar-refractivity contribution in [2.45, 2.75) is 241 Å². The zero-order chi connectivity index (χ0) is 85.1. The Bertz CT molecular complexity index is 4880. The molecular formula is C90H114N12O12S3. The Labute approximate surface area is 698 Å². The van der Waals surface area contributed by atoms with Crippen LogP contribution in [0.1, 0.15) is 192 Å². The first kappa shape index (κ1) is 89.6. The summed E-state index contributed by atoms with van der Waals surface area (Å²) in [6.07, 6.45) is 6.25. The number of aryl methyl sites for hydroxylation is 5. The number of benzene rings is 4. The molecule has 0 saturated carbocycles. The van der Waals surface area contributed by atoms with Crippen LogP contribution in [0.4, 0.5) is 4.79 Å². The normalized spacial score (nSPS) is 19.0. The average Bonchev–Trinajstić information content (AvgIpc) is 1.65. The Morgan fingerprint density at radius 3 is 1.27 bits per heavy atom. The molecule has 0 radical (unpaired) electrons. The van der Waals surface area contributed by atoms with Gasteiger partial charge in [-0.1, -0.05) is 165 Å². The summed E-state index contributed by atoms with van der Waals surface area (Å²) in [6, 6.07) is 29.4. The number of β-amino-alcohol motifs (C(OH)–C–C–N with tert-alkyl or cyclic N) is 3. The van der Waals surface area contributed by atoms with Crippen molar-refractivity contribution in [1.82, 2.24) is 59.8 Å². The number of ketones is 3. The van der Waals surface area contributed by atoms with Crippen molar-refractivity contribution in [2.75, 3.05) is 19.6 Å². The van der Waals surface area contributed by atoms with Gasteiger partial charge in [0.2, 0.25) is 23.6 Å². The minimum atomic E-state index is -0.990. The number of ether oxygens (including phenoxy) is 1. The largest absolute Gasteiger partial charge is 0.444 e. The Kier molecular flexibility index (Phi) is 30.0. The monoisotopic (exact) mass is 1650 g/mol. The number of hydrogen-bond donors (Lipinski definition) is 5. The van der Waals surface area contributed by atoms with Crippen LogP contribution in [-0.4, -0.2) is 185 Å². The van der Waals surface area contributed by atoms with Gasteiger partial charge in [-0.05, 0) is 135 Å². The minimum Gasteiger partial charge on any atom is -0.444 e. The van der Waals surface area contributed by atoms with Crippen LogP contribution in [-0.2, 0) is 44.7 Å². The molecule has 0 unspecified atom stereocenters. The highest BCUT2D eigenvalue weighted by atomic mass is 32.1. The first-order valence-corrected chi connectivity index (χ1v) is 42.9. The van der Waals surface area contributed by atoms with Gasteiger partial charge in [0.1, 0.15) is 29.8 Å². The van der Waals surface area contributed by atoms with E-state index in [1.54, 1.807) is 86.3 Å². The second-order valence-corrected chi connectivity index (χ2v) is 36.7. The number of aromatic nitrogens is 7. The summed E-state index contributed by atoms with van der Waals surface area (Å²) in [6.45, 7) is 32.3. The molecule has 27 heteroatoms. The molecule has 8 heterocycles. The lowest BCUT2D eigenvalue weighted by Crippen LogP contribution is -2.59. The zero-order valence-corrected chi connectivity index (χ0v) is 72.7. The van der Waals surface area contributed by atoms with Gasteiger partial charge >= 0.3 is 6.09 Å². The number of nitrogens with one attached hydrogen (secondary N) is 2. The van der Waals surface area contributed by atoms with E-state index in [1.165, 1.54) is 11.8 Å². The number of aliphatic hydroxyl groups excluding tert-OH is 3. The molecule has 3 aliphatic heterocycles. The van der Waals surface area contributed by atoms with E-state index in [1.807, 2.05) is 174 Å². The fourth-order valence-corrected chi connectivity index (χ4v) is 17.8. The molecule has 12 rings (SSSR count). The smallest absolute Gasteiger partial charge is 0.408 e. The number of Topliss-reactive ketones (excluding diaryl/α,β-unsaturated/α-hetero) is 3.